The van der Waals surface area contributed by atoms with Gasteiger partial charge in [-0.2, -0.15) is 5.26 Å². The van der Waals surface area contributed by atoms with Gasteiger partial charge in [-0.3, -0.25) is 0 Å². The third-order valence-electron chi connectivity index (χ3n) is 13.0. The molecule has 1 spiro atoms. The fourth-order valence-corrected chi connectivity index (χ4v) is 10.5. The van der Waals surface area contributed by atoms with E-state index < -0.39 is 5.41 Å². The van der Waals surface area contributed by atoms with Gasteiger partial charge in [-0.25, -0.2) is 0 Å². The summed E-state index contributed by atoms with van der Waals surface area (Å²) in [4.78, 5) is 2.45. The lowest BCUT2D eigenvalue weighted by atomic mass is 9.70. The molecule has 0 N–H and O–H groups in total. The molecule has 0 fully saturated rings. The SMILES string of the molecule is CC1(C)c2cc(N(c3ccc(-c4ccc(C#N)cc4)cc3)c3ccc4c(c3)C3(c5ccccc5-c5ccccc53)c3ccccc3-4)ccc2C2C=CC=CC21. The van der Waals surface area contributed by atoms with E-state index in [0.717, 1.165) is 28.2 Å². The van der Waals surface area contributed by atoms with Crippen LogP contribution in [0.15, 0.2) is 182 Å². The van der Waals surface area contributed by atoms with E-state index in [-0.39, 0.29) is 5.41 Å². The second-order valence-electron chi connectivity index (χ2n) is 16.0. The molecule has 2 nitrogen and oxygen atoms in total. The van der Waals surface area contributed by atoms with Crippen LogP contribution in [0.5, 0.6) is 0 Å². The Balaban J connectivity index is 1.13. The maximum Gasteiger partial charge on any atom is 0.0991 e. The molecule has 0 amide bonds. The van der Waals surface area contributed by atoms with Gasteiger partial charge in [0.2, 0.25) is 0 Å². The van der Waals surface area contributed by atoms with Crippen molar-refractivity contribution in [3.8, 4) is 39.4 Å². The predicted molar refractivity (Wildman–Crippen MR) is 225 cm³/mol. The summed E-state index contributed by atoms with van der Waals surface area (Å²) in [7, 11) is 0. The summed E-state index contributed by atoms with van der Waals surface area (Å²) in [6, 6.07) is 60.4. The third kappa shape index (κ3) is 4.36. The van der Waals surface area contributed by atoms with Gasteiger partial charge in [0.05, 0.1) is 17.0 Å². The summed E-state index contributed by atoms with van der Waals surface area (Å²) in [6.07, 6.45) is 9.21. The molecule has 55 heavy (non-hydrogen) atoms. The van der Waals surface area contributed by atoms with Crippen molar-refractivity contribution in [3.63, 3.8) is 0 Å². The van der Waals surface area contributed by atoms with E-state index in [9.17, 15) is 5.26 Å². The average Bonchev–Trinajstić information content (AvgIpc) is 3.80. The van der Waals surface area contributed by atoms with Gasteiger partial charge >= 0.3 is 0 Å². The largest absolute Gasteiger partial charge is 0.310 e. The second kappa shape index (κ2) is 11.7. The zero-order chi connectivity index (χ0) is 36.9. The first-order valence-electron chi connectivity index (χ1n) is 19.3. The van der Waals surface area contributed by atoms with Crippen molar-refractivity contribution in [3.05, 3.63) is 221 Å². The minimum absolute atomic E-state index is 0.0106. The van der Waals surface area contributed by atoms with Crippen molar-refractivity contribution >= 4 is 17.1 Å². The fourth-order valence-electron chi connectivity index (χ4n) is 10.5. The van der Waals surface area contributed by atoms with Crippen molar-refractivity contribution in [2.45, 2.75) is 30.6 Å². The fraction of sp³-hybridized carbons (Fsp3) is 0.113. The Kier molecular flexibility index (Phi) is 6.74. The van der Waals surface area contributed by atoms with Gasteiger partial charge in [-0.15, -0.1) is 0 Å². The van der Waals surface area contributed by atoms with Crippen LogP contribution in [0, 0.1) is 17.2 Å². The number of allylic oxidation sites excluding steroid dienone is 4. The zero-order valence-electron chi connectivity index (χ0n) is 30.9. The van der Waals surface area contributed by atoms with Crippen LogP contribution in [0.2, 0.25) is 0 Å². The van der Waals surface area contributed by atoms with E-state index in [4.69, 9.17) is 0 Å². The lowest BCUT2D eigenvalue weighted by molar-refractivity contribution is 0.394. The van der Waals surface area contributed by atoms with E-state index in [1.54, 1.807) is 0 Å². The normalized spacial score (nSPS) is 18.1. The van der Waals surface area contributed by atoms with E-state index >= 15 is 0 Å². The van der Waals surface area contributed by atoms with E-state index in [0.29, 0.717) is 17.4 Å². The minimum Gasteiger partial charge on any atom is -0.310 e. The Bertz CT molecular complexity index is 2750. The molecule has 11 rings (SSSR count). The van der Waals surface area contributed by atoms with Crippen LogP contribution < -0.4 is 4.90 Å². The number of hydrogen-bond acceptors (Lipinski definition) is 2. The number of nitrogens with zero attached hydrogens (tertiary/aromatic N) is 2. The Morgan fingerprint density at radius 2 is 0.982 bits per heavy atom. The third-order valence-corrected chi connectivity index (χ3v) is 13.0. The van der Waals surface area contributed by atoms with Crippen LogP contribution in [0.1, 0.15) is 58.7 Å². The molecule has 0 aromatic heterocycles. The molecule has 2 unspecified atom stereocenters. The van der Waals surface area contributed by atoms with Crippen LogP contribution in [0.25, 0.3) is 33.4 Å². The van der Waals surface area contributed by atoms with Crippen LogP contribution in [0.3, 0.4) is 0 Å². The number of rotatable bonds is 4. The topological polar surface area (TPSA) is 27.0 Å². The first-order valence-corrected chi connectivity index (χ1v) is 19.3. The van der Waals surface area contributed by atoms with Crippen molar-refractivity contribution in [1.29, 1.82) is 5.26 Å². The average molecular weight is 703 g/mol. The van der Waals surface area contributed by atoms with Gasteiger partial charge in [0, 0.05) is 23.0 Å². The summed E-state index contributed by atoms with van der Waals surface area (Å²) in [6.45, 7) is 4.82. The highest BCUT2D eigenvalue weighted by atomic mass is 15.1. The van der Waals surface area contributed by atoms with Gasteiger partial charge in [0.15, 0.2) is 0 Å². The summed E-state index contributed by atoms with van der Waals surface area (Å²) in [5.74, 6) is 0.828. The van der Waals surface area contributed by atoms with Gasteiger partial charge < -0.3 is 4.90 Å². The van der Waals surface area contributed by atoms with Gasteiger partial charge in [-0.1, -0.05) is 147 Å². The highest BCUT2D eigenvalue weighted by Crippen LogP contribution is 2.63. The molecule has 7 aromatic rings. The first-order chi connectivity index (χ1) is 27.0. The van der Waals surface area contributed by atoms with Crippen molar-refractivity contribution in [1.82, 2.24) is 0 Å². The number of anilines is 3. The van der Waals surface area contributed by atoms with Crippen LogP contribution in [-0.2, 0) is 10.8 Å². The van der Waals surface area contributed by atoms with Crippen molar-refractivity contribution in [2.24, 2.45) is 5.92 Å². The van der Waals surface area contributed by atoms with Gasteiger partial charge in [-0.05, 0) is 127 Å². The number of nitriles is 1. The summed E-state index contributed by atoms with van der Waals surface area (Å²) < 4.78 is 0. The Morgan fingerprint density at radius 1 is 0.491 bits per heavy atom. The Hall–Kier alpha value is -6.69. The van der Waals surface area contributed by atoms with Crippen LogP contribution in [-0.4, -0.2) is 0 Å². The van der Waals surface area contributed by atoms with E-state index in [2.05, 4.69) is 183 Å². The summed E-state index contributed by atoms with van der Waals surface area (Å²) in [5.41, 5.74) is 19.3. The molecule has 260 valence electrons. The van der Waals surface area contributed by atoms with Crippen molar-refractivity contribution in [2.75, 3.05) is 4.90 Å². The van der Waals surface area contributed by atoms with Gasteiger partial charge in [0.25, 0.3) is 0 Å². The Labute approximate surface area is 323 Å². The van der Waals surface area contributed by atoms with E-state index in [1.807, 2.05) is 24.3 Å². The second-order valence-corrected chi connectivity index (χ2v) is 16.0. The molecule has 0 saturated heterocycles. The molecule has 0 bridgehead atoms. The lowest BCUT2D eigenvalue weighted by Crippen LogP contribution is -2.26. The lowest BCUT2D eigenvalue weighted by Gasteiger charge is -2.33. The molecular weight excluding hydrogens is 665 g/mol. The molecule has 0 radical (unpaired) electrons. The highest BCUT2D eigenvalue weighted by molar-refractivity contribution is 5.96. The molecule has 2 atom stereocenters. The van der Waals surface area contributed by atoms with Gasteiger partial charge in [0.1, 0.15) is 0 Å². The molecule has 0 heterocycles. The minimum atomic E-state index is -0.422. The zero-order valence-corrected chi connectivity index (χ0v) is 30.9. The molecule has 2 heteroatoms. The molecule has 4 aliphatic carbocycles. The van der Waals surface area contributed by atoms with Crippen LogP contribution >= 0.6 is 0 Å². The highest BCUT2D eigenvalue weighted by Gasteiger charge is 2.52. The quantitative estimate of drug-likeness (QED) is 0.183. The number of hydrogen-bond donors (Lipinski definition) is 0. The molecule has 0 aliphatic heterocycles. The van der Waals surface area contributed by atoms with Crippen molar-refractivity contribution < 1.29 is 0 Å². The standard InChI is InChI=1S/C53H38N2/c1-52(2)46-15-7-3-11-40(46)44-29-27-38(31-50(44)52)55(37-25-23-36(24-26-37)35-21-19-34(33-54)20-22-35)39-28-30-45-43-14-6-10-18-49(43)53(51(45)32-39)47-16-8-4-12-41(47)42-13-5-9-17-48(42)53/h3-32,40,46H,1-2H3. The molecule has 7 aromatic carbocycles. The maximum absolute atomic E-state index is 9.38. The predicted octanol–water partition coefficient (Wildman–Crippen LogP) is 13.2. The van der Waals surface area contributed by atoms with E-state index in [1.165, 1.54) is 55.6 Å². The molecule has 0 saturated carbocycles. The smallest absolute Gasteiger partial charge is 0.0991 e. The summed E-state index contributed by atoms with van der Waals surface area (Å²) >= 11 is 0. The maximum atomic E-state index is 9.38. The molecule has 4 aliphatic rings. The first kappa shape index (κ1) is 31.8. The number of fused-ring (bicyclic) bond motifs is 13. The Morgan fingerprint density at radius 3 is 1.58 bits per heavy atom. The number of benzene rings is 7. The monoisotopic (exact) mass is 702 g/mol. The summed E-state index contributed by atoms with van der Waals surface area (Å²) in [5, 5.41) is 9.38. The molecular formula is C53H38N2. The van der Waals surface area contributed by atoms with Crippen LogP contribution in [0.4, 0.5) is 17.1 Å².